The van der Waals surface area contributed by atoms with Gasteiger partial charge in [-0.3, -0.25) is 4.79 Å². The summed E-state index contributed by atoms with van der Waals surface area (Å²) in [6, 6.07) is 24.8. The van der Waals surface area contributed by atoms with Gasteiger partial charge in [-0.1, -0.05) is 78.0 Å². The highest BCUT2D eigenvalue weighted by Gasteiger charge is 2.38. The first-order valence-corrected chi connectivity index (χ1v) is 11.4. The number of rotatable bonds is 4. The number of hydrogen-bond acceptors (Lipinski definition) is 5. The smallest absolute Gasteiger partial charge is 0.240 e. The zero-order chi connectivity index (χ0) is 22.1. The van der Waals surface area contributed by atoms with E-state index in [9.17, 15) is 4.79 Å². The van der Waals surface area contributed by atoms with Crippen molar-refractivity contribution in [3.63, 3.8) is 0 Å². The summed E-state index contributed by atoms with van der Waals surface area (Å²) in [6.07, 6.45) is 0. The van der Waals surface area contributed by atoms with Crippen molar-refractivity contribution in [2.24, 2.45) is 0 Å². The molecule has 32 heavy (non-hydrogen) atoms. The van der Waals surface area contributed by atoms with Crippen LogP contribution in [0.15, 0.2) is 84.0 Å². The SMILES string of the molecule is Cc1cccc(NC(=O)[C@H]2Sc3nnc(-c4ccccc4)n3N[C@@H]2c2ccc(Cl)cc2)c1. The van der Waals surface area contributed by atoms with E-state index in [2.05, 4.69) is 20.9 Å². The second-order valence-electron chi connectivity index (χ2n) is 7.56. The fraction of sp³-hybridized carbons (Fsp3) is 0.125. The second-order valence-corrected chi connectivity index (χ2v) is 9.11. The Kier molecular flexibility index (Phi) is 5.59. The number of aromatic nitrogens is 3. The van der Waals surface area contributed by atoms with Crippen LogP contribution in [0.2, 0.25) is 5.02 Å². The summed E-state index contributed by atoms with van der Waals surface area (Å²) in [6.45, 7) is 2.00. The van der Waals surface area contributed by atoms with Gasteiger partial charge in [-0.25, -0.2) is 4.68 Å². The fourth-order valence-corrected chi connectivity index (χ4v) is 4.89. The number of hydrogen-bond donors (Lipinski definition) is 2. The van der Waals surface area contributed by atoms with E-state index in [-0.39, 0.29) is 11.9 Å². The molecule has 2 atom stereocenters. The second kappa shape index (κ2) is 8.68. The van der Waals surface area contributed by atoms with Crippen LogP contribution in [-0.2, 0) is 4.79 Å². The molecule has 0 unspecified atom stereocenters. The molecule has 1 aromatic heterocycles. The molecule has 0 spiro atoms. The van der Waals surface area contributed by atoms with Crippen LogP contribution in [0.4, 0.5) is 5.69 Å². The Balaban J connectivity index is 1.51. The third-order valence-electron chi connectivity index (χ3n) is 5.24. The lowest BCUT2D eigenvalue weighted by Gasteiger charge is -2.33. The average molecular weight is 462 g/mol. The molecule has 8 heteroatoms. The molecule has 0 saturated carbocycles. The Hall–Kier alpha value is -3.29. The van der Waals surface area contributed by atoms with E-state index in [4.69, 9.17) is 11.6 Å². The van der Waals surface area contributed by atoms with E-state index < -0.39 is 5.25 Å². The van der Waals surface area contributed by atoms with Crippen molar-refractivity contribution >= 4 is 35.0 Å². The molecule has 0 aliphatic carbocycles. The van der Waals surface area contributed by atoms with E-state index in [0.29, 0.717) is 16.0 Å². The highest BCUT2D eigenvalue weighted by molar-refractivity contribution is 8.00. The minimum absolute atomic E-state index is 0.108. The number of aryl methyl sites for hydroxylation is 1. The average Bonchev–Trinajstić information content (AvgIpc) is 3.22. The predicted octanol–water partition coefficient (Wildman–Crippen LogP) is 5.30. The maximum Gasteiger partial charge on any atom is 0.240 e. The van der Waals surface area contributed by atoms with Crippen molar-refractivity contribution < 1.29 is 4.79 Å². The van der Waals surface area contributed by atoms with Crippen LogP contribution in [0.5, 0.6) is 0 Å². The molecule has 0 fully saturated rings. The molecule has 1 amide bonds. The molecule has 3 aromatic carbocycles. The van der Waals surface area contributed by atoms with Crippen molar-refractivity contribution in [2.45, 2.75) is 23.4 Å². The molecule has 1 aliphatic heterocycles. The van der Waals surface area contributed by atoms with Gasteiger partial charge in [-0.15, -0.1) is 10.2 Å². The summed E-state index contributed by atoms with van der Waals surface area (Å²) in [5, 5.41) is 12.6. The van der Waals surface area contributed by atoms with Crippen LogP contribution in [0, 0.1) is 6.92 Å². The highest BCUT2D eigenvalue weighted by Crippen LogP contribution is 2.39. The lowest BCUT2D eigenvalue weighted by atomic mass is 10.0. The van der Waals surface area contributed by atoms with Crippen LogP contribution >= 0.6 is 23.4 Å². The van der Waals surface area contributed by atoms with Gasteiger partial charge in [0.15, 0.2) is 5.82 Å². The lowest BCUT2D eigenvalue weighted by molar-refractivity contribution is -0.116. The Morgan fingerprint density at radius 1 is 1.03 bits per heavy atom. The number of fused-ring (bicyclic) bond motifs is 1. The van der Waals surface area contributed by atoms with Crippen molar-refractivity contribution in [2.75, 3.05) is 10.7 Å². The molecule has 2 N–H and O–H groups in total. The molecular formula is C24H20ClN5OS. The number of anilines is 1. The molecule has 0 radical (unpaired) electrons. The summed E-state index contributed by atoms with van der Waals surface area (Å²) in [7, 11) is 0. The van der Waals surface area contributed by atoms with Gasteiger partial charge in [0.1, 0.15) is 5.25 Å². The quantitative estimate of drug-likeness (QED) is 0.431. The lowest BCUT2D eigenvalue weighted by Crippen LogP contribution is -2.41. The zero-order valence-electron chi connectivity index (χ0n) is 17.2. The van der Waals surface area contributed by atoms with Crippen molar-refractivity contribution in [1.29, 1.82) is 0 Å². The van der Waals surface area contributed by atoms with E-state index in [1.807, 2.05) is 90.5 Å². The summed E-state index contributed by atoms with van der Waals surface area (Å²) >= 11 is 7.50. The van der Waals surface area contributed by atoms with Gasteiger partial charge < -0.3 is 10.7 Å². The first kappa shape index (κ1) is 20.6. The number of benzene rings is 3. The van der Waals surface area contributed by atoms with E-state index in [0.717, 1.165) is 22.4 Å². The number of halogens is 1. The van der Waals surface area contributed by atoms with Gasteiger partial charge in [0.25, 0.3) is 0 Å². The summed E-state index contributed by atoms with van der Waals surface area (Å²) in [5.74, 6) is 0.591. The largest absolute Gasteiger partial charge is 0.325 e. The number of thioether (sulfide) groups is 1. The Morgan fingerprint density at radius 3 is 2.56 bits per heavy atom. The molecule has 160 valence electrons. The summed E-state index contributed by atoms with van der Waals surface area (Å²) in [4.78, 5) is 13.4. The number of amides is 1. The molecule has 6 nitrogen and oxygen atoms in total. The molecule has 4 aromatic rings. The fourth-order valence-electron chi connectivity index (χ4n) is 3.69. The van der Waals surface area contributed by atoms with E-state index in [1.54, 1.807) is 0 Å². The van der Waals surface area contributed by atoms with Crippen molar-refractivity contribution in [1.82, 2.24) is 14.9 Å². The van der Waals surface area contributed by atoms with Crippen LogP contribution in [0.1, 0.15) is 17.2 Å². The van der Waals surface area contributed by atoms with Gasteiger partial charge in [-0.05, 0) is 42.3 Å². The minimum atomic E-state index is -0.461. The van der Waals surface area contributed by atoms with Gasteiger partial charge in [0.2, 0.25) is 11.1 Å². The van der Waals surface area contributed by atoms with Gasteiger partial charge in [-0.2, -0.15) is 0 Å². The standard InChI is InChI=1S/C24H20ClN5OS/c1-15-6-5-9-19(14-15)26-23(31)21-20(16-10-12-18(25)13-11-16)29-30-22(27-28-24(30)32-21)17-7-3-2-4-8-17/h2-14,20-21,29H,1H3,(H,26,31)/t20-,21+/m1/s1. The third kappa shape index (κ3) is 4.09. The van der Waals surface area contributed by atoms with Gasteiger partial charge >= 0.3 is 0 Å². The van der Waals surface area contributed by atoms with Gasteiger partial charge in [0, 0.05) is 16.3 Å². The third-order valence-corrected chi connectivity index (χ3v) is 6.71. The summed E-state index contributed by atoms with van der Waals surface area (Å²) in [5.41, 5.74) is 7.21. The minimum Gasteiger partial charge on any atom is -0.325 e. The molecule has 0 bridgehead atoms. The molecule has 5 rings (SSSR count). The first-order valence-electron chi connectivity index (χ1n) is 10.2. The first-order chi connectivity index (χ1) is 15.6. The van der Waals surface area contributed by atoms with Crippen LogP contribution in [0.25, 0.3) is 11.4 Å². The topological polar surface area (TPSA) is 71.8 Å². The van der Waals surface area contributed by atoms with Crippen LogP contribution in [0.3, 0.4) is 0 Å². The van der Waals surface area contributed by atoms with E-state index >= 15 is 0 Å². The normalized spacial score (nSPS) is 17.3. The van der Waals surface area contributed by atoms with Crippen LogP contribution in [-0.4, -0.2) is 26.0 Å². The number of carbonyl (C=O) groups excluding carboxylic acids is 1. The predicted molar refractivity (Wildman–Crippen MR) is 128 cm³/mol. The maximum absolute atomic E-state index is 13.4. The highest BCUT2D eigenvalue weighted by atomic mass is 35.5. The number of nitrogens with one attached hydrogen (secondary N) is 2. The molecule has 0 saturated heterocycles. The molecule has 2 heterocycles. The van der Waals surface area contributed by atoms with Crippen LogP contribution < -0.4 is 10.7 Å². The van der Waals surface area contributed by atoms with Crippen molar-refractivity contribution in [3.8, 4) is 11.4 Å². The Labute approximate surface area is 195 Å². The Bertz CT molecular complexity index is 1260. The Morgan fingerprint density at radius 2 is 1.81 bits per heavy atom. The van der Waals surface area contributed by atoms with Gasteiger partial charge in [0.05, 0.1) is 6.04 Å². The summed E-state index contributed by atoms with van der Waals surface area (Å²) < 4.78 is 1.86. The van der Waals surface area contributed by atoms with Crippen molar-refractivity contribution in [3.05, 3.63) is 95.0 Å². The molecular weight excluding hydrogens is 442 g/mol. The monoisotopic (exact) mass is 461 g/mol. The maximum atomic E-state index is 13.4. The van der Waals surface area contributed by atoms with E-state index in [1.165, 1.54) is 11.8 Å². The zero-order valence-corrected chi connectivity index (χ0v) is 18.8. The number of nitrogens with zero attached hydrogens (tertiary/aromatic N) is 3. The number of carbonyl (C=O) groups is 1. The molecule has 1 aliphatic rings.